The van der Waals surface area contributed by atoms with Gasteiger partial charge in [-0.05, 0) is 12.1 Å². The molecule has 26 heavy (non-hydrogen) atoms. The summed E-state index contributed by atoms with van der Waals surface area (Å²) in [6, 6.07) is 5.41. The summed E-state index contributed by atoms with van der Waals surface area (Å²) >= 11 is 38.6. The molecular formula is C16H10Cl6N2O2. The standard InChI is InChI=1S/C16H10Cl6N2O2/c17-10-11(18)15(20)9-8(14(10,19)16(15,21)22)12(25)24(13(9)26)6-4-7-3-1-2-5-23-7/h1-3,5,8-9H,4,6H2/t8-,9+,14?,15?. The van der Waals surface area contributed by atoms with E-state index >= 15 is 0 Å². The average Bonchev–Trinajstić information content (AvgIpc) is 2.99. The minimum absolute atomic E-state index is 0.0881. The number of aromatic nitrogens is 1. The van der Waals surface area contributed by atoms with Gasteiger partial charge >= 0.3 is 0 Å². The number of halogens is 6. The van der Waals surface area contributed by atoms with Gasteiger partial charge in [0.25, 0.3) is 0 Å². The maximum absolute atomic E-state index is 13.0. The molecule has 2 amide bonds. The van der Waals surface area contributed by atoms with Crippen molar-refractivity contribution >= 4 is 81.4 Å². The number of alkyl halides is 4. The van der Waals surface area contributed by atoms with Gasteiger partial charge in [-0.25, -0.2) is 0 Å². The van der Waals surface area contributed by atoms with Gasteiger partial charge in [-0.3, -0.25) is 19.5 Å². The molecule has 3 aliphatic rings. The third kappa shape index (κ3) is 1.99. The number of carbonyl (C=O) groups is 2. The van der Waals surface area contributed by atoms with E-state index in [9.17, 15) is 9.59 Å². The Labute approximate surface area is 179 Å². The minimum Gasteiger partial charge on any atom is -0.282 e. The van der Waals surface area contributed by atoms with Gasteiger partial charge in [0.1, 0.15) is 9.75 Å². The van der Waals surface area contributed by atoms with E-state index in [0.29, 0.717) is 6.42 Å². The summed E-state index contributed by atoms with van der Waals surface area (Å²) in [5.41, 5.74) is 0.743. The van der Waals surface area contributed by atoms with Crippen LogP contribution in [-0.4, -0.2) is 42.3 Å². The molecule has 1 saturated heterocycles. The third-order valence-corrected chi connectivity index (χ3v) is 9.58. The first-order chi connectivity index (χ1) is 12.1. The molecular weight excluding hydrogens is 465 g/mol. The van der Waals surface area contributed by atoms with Crippen LogP contribution in [0.4, 0.5) is 0 Å². The molecule has 4 atom stereocenters. The van der Waals surface area contributed by atoms with Crippen LogP contribution in [0.2, 0.25) is 0 Å². The Morgan fingerprint density at radius 3 is 1.96 bits per heavy atom. The van der Waals surface area contributed by atoms with Crippen LogP contribution >= 0.6 is 69.6 Å². The molecule has 1 aromatic rings. The Hall–Kier alpha value is -0.230. The largest absolute Gasteiger partial charge is 0.282 e. The summed E-state index contributed by atoms with van der Waals surface area (Å²) in [5, 5.41) is -0.176. The first kappa shape index (κ1) is 19.1. The van der Waals surface area contributed by atoms with Gasteiger partial charge in [0.15, 0.2) is 4.33 Å². The predicted octanol–water partition coefficient (Wildman–Crippen LogP) is 4.07. The molecule has 1 saturated carbocycles. The molecule has 2 heterocycles. The number of amides is 2. The van der Waals surface area contributed by atoms with Crippen LogP contribution in [0.3, 0.4) is 0 Å². The summed E-state index contributed by atoms with van der Waals surface area (Å²) < 4.78 is -1.90. The van der Waals surface area contributed by atoms with Crippen LogP contribution in [-0.2, 0) is 16.0 Å². The molecule has 1 aliphatic heterocycles. The Morgan fingerprint density at radius 2 is 1.50 bits per heavy atom. The van der Waals surface area contributed by atoms with Crippen molar-refractivity contribution < 1.29 is 9.59 Å². The highest BCUT2D eigenvalue weighted by Gasteiger charge is 2.87. The molecule has 138 valence electrons. The Bertz CT molecular complexity index is 814. The molecule has 0 spiro atoms. The number of allylic oxidation sites excluding steroid dienone is 2. The van der Waals surface area contributed by atoms with Crippen LogP contribution in [0, 0.1) is 11.8 Å². The van der Waals surface area contributed by atoms with Gasteiger partial charge in [0.2, 0.25) is 11.8 Å². The minimum atomic E-state index is -1.90. The van der Waals surface area contributed by atoms with E-state index in [1.54, 1.807) is 18.3 Å². The first-order valence-corrected chi connectivity index (χ1v) is 9.94. The lowest BCUT2D eigenvalue weighted by molar-refractivity contribution is -0.140. The lowest BCUT2D eigenvalue weighted by Crippen LogP contribution is -2.50. The van der Waals surface area contributed by atoms with Gasteiger partial charge in [-0.1, -0.05) is 52.5 Å². The number of carbonyl (C=O) groups excluding carboxylic acids is 2. The summed E-state index contributed by atoms with van der Waals surface area (Å²) in [6.45, 7) is 0.133. The van der Waals surface area contributed by atoms with Crippen molar-refractivity contribution in [2.24, 2.45) is 11.8 Å². The van der Waals surface area contributed by atoms with Crippen molar-refractivity contribution in [1.29, 1.82) is 0 Å². The van der Waals surface area contributed by atoms with Crippen molar-refractivity contribution in [2.45, 2.75) is 20.5 Å². The number of rotatable bonds is 3. The molecule has 2 aliphatic carbocycles. The van der Waals surface area contributed by atoms with Crippen molar-refractivity contribution in [1.82, 2.24) is 9.88 Å². The van der Waals surface area contributed by atoms with Crippen molar-refractivity contribution in [2.75, 3.05) is 6.54 Å². The van der Waals surface area contributed by atoms with E-state index in [-0.39, 0.29) is 16.6 Å². The Kier molecular flexibility index (Phi) is 4.32. The zero-order valence-corrected chi connectivity index (χ0v) is 17.4. The first-order valence-electron chi connectivity index (χ1n) is 7.67. The Balaban J connectivity index is 1.70. The topological polar surface area (TPSA) is 50.3 Å². The summed E-state index contributed by atoms with van der Waals surface area (Å²) in [6.07, 6.45) is 2.03. The second kappa shape index (κ2) is 5.88. The molecule has 4 rings (SSSR count). The van der Waals surface area contributed by atoms with Crippen LogP contribution < -0.4 is 0 Å². The van der Waals surface area contributed by atoms with Gasteiger partial charge in [-0.2, -0.15) is 0 Å². The van der Waals surface area contributed by atoms with E-state index in [0.717, 1.165) is 10.6 Å². The fourth-order valence-corrected chi connectivity index (χ4v) is 6.97. The average molecular weight is 475 g/mol. The van der Waals surface area contributed by atoms with E-state index in [1.807, 2.05) is 6.07 Å². The van der Waals surface area contributed by atoms with Gasteiger partial charge in [0, 0.05) is 24.9 Å². The number of fused-ring (bicyclic) bond motifs is 5. The fraction of sp³-hybridized carbons (Fsp3) is 0.438. The van der Waals surface area contributed by atoms with E-state index in [2.05, 4.69) is 4.98 Å². The van der Waals surface area contributed by atoms with Gasteiger partial charge < -0.3 is 0 Å². The van der Waals surface area contributed by atoms with Gasteiger partial charge in [0.05, 0.1) is 21.9 Å². The smallest absolute Gasteiger partial charge is 0.235 e. The molecule has 10 heteroatoms. The zero-order chi connectivity index (χ0) is 19.1. The monoisotopic (exact) mass is 472 g/mol. The zero-order valence-electron chi connectivity index (χ0n) is 12.9. The summed E-state index contributed by atoms with van der Waals surface area (Å²) in [7, 11) is 0. The number of pyridine rings is 1. The highest BCUT2D eigenvalue weighted by Crippen LogP contribution is 2.77. The second-order valence-corrected chi connectivity index (χ2v) is 9.76. The maximum Gasteiger partial charge on any atom is 0.235 e. The third-order valence-electron chi connectivity index (χ3n) is 5.32. The predicted molar refractivity (Wildman–Crippen MR) is 102 cm³/mol. The van der Waals surface area contributed by atoms with E-state index in [1.165, 1.54) is 0 Å². The molecule has 0 radical (unpaired) electrons. The molecule has 0 N–H and O–H groups in total. The number of imide groups is 1. The van der Waals surface area contributed by atoms with Crippen molar-refractivity contribution in [3.63, 3.8) is 0 Å². The molecule has 2 unspecified atom stereocenters. The molecule has 0 aromatic carbocycles. The quantitative estimate of drug-likeness (QED) is 0.490. The number of hydrogen-bond acceptors (Lipinski definition) is 3. The lowest BCUT2D eigenvalue weighted by Gasteiger charge is -2.34. The van der Waals surface area contributed by atoms with Crippen molar-refractivity contribution in [3.05, 3.63) is 40.2 Å². The van der Waals surface area contributed by atoms with Crippen LogP contribution in [0.25, 0.3) is 0 Å². The summed E-state index contributed by atoms with van der Waals surface area (Å²) in [4.78, 5) is 27.8. The lowest BCUT2D eigenvalue weighted by atomic mass is 9.84. The summed E-state index contributed by atoms with van der Waals surface area (Å²) in [5.74, 6) is -3.19. The Morgan fingerprint density at radius 1 is 0.962 bits per heavy atom. The van der Waals surface area contributed by atoms with Gasteiger partial charge in [-0.15, -0.1) is 23.2 Å². The number of hydrogen-bond donors (Lipinski definition) is 0. The van der Waals surface area contributed by atoms with Crippen LogP contribution in [0.15, 0.2) is 34.5 Å². The molecule has 1 aromatic heterocycles. The SMILES string of the molecule is O=C1[C@@H]2[C@H](C(=O)N1CCc1ccccn1)C1(Cl)C(Cl)=C(Cl)C2(Cl)C1(Cl)Cl. The molecule has 2 fully saturated rings. The number of nitrogens with zero attached hydrogens (tertiary/aromatic N) is 2. The molecule has 4 nitrogen and oxygen atoms in total. The highest BCUT2D eigenvalue weighted by molar-refractivity contribution is 6.66. The second-order valence-electron chi connectivity index (χ2n) is 6.48. The maximum atomic E-state index is 13.0. The van der Waals surface area contributed by atoms with E-state index in [4.69, 9.17) is 69.6 Å². The van der Waals surface area contributed by atoms with Crippen molar-refractivity contribution in [3.8, 4) is 0 Å². The van der Waals surface area contributed by atoms with E-state index < -0.39 is 37.7 Å². The normalized spacial score (nSPS) is 37.7. The van der Waals surface area contributed by atoms with Crippen LogP contribution in [0.5, 0.6) is 0 Å². The highest BCUT2D eigenvalue weighted by atomic mass is 35.5. The molecule has 2 bridgehead atoms. The van der Waals surface area contributed by atoms with Crippen LogP contribution in [0.1, 0.15) is 5.69 Å². The fourth-order valence-electron chi connectivity index (χ4n) is 4.05. The number of likely N-dealkylation sites (tertiary alicyclic amines) is 1.